The highest BCUT2D eigenvalue weighted by atomic mass is 35.5. The van der Waals surface area contributed by atoms with E-state index in [1.165, 1.54) is 0 Å². The molecule has 8 nitrogen and oxygen atoms in total. The Morgan fingerprint density at radius 1 is 1.03 bits per heavy atom. The number of carbonyl (C=O) groups excluding carboxylic acids is 2. The summed E-state index contributed by atoms with van der Waals surface area (Å²) in [5.41, 5.74) is 1.14. The normalized spacial score (nSPS) is 15.0. The summed E-state index contributed by atoms with van der Waals surface area (Å²) in [7, 11) is 0. The number of anilines is 1. The van der Waals surface area contributed by atoms with Crippen LogP contribution in [0, 0.1) is 6.92 Å². The van der Waals surface area contributed by atoms with Crippen molar-refractivity contribution in [3.63, 3.8) is 0 Å². The van der Waals surface area contributed by atoms with Crippen LogP contribution in [-0.4, -0.2) is 64.7 Å². The lowest BCUT2D eigenvalue weighted by atomic mass is 10.0. The molecule has 1 aliphatic heterocycles. The summed E-state index contributed by atoms with van der Waals surface area (Å²) in [4.78, 5) is 39.3. The van der Waals surface area contributed by atoms with Crippen molar-refractivity contribution in [2.75, 3.05) is 31.1 Å². The highest BCUT2D eigenvalue weighted by Gasteiger charge is 2.31. The third-order valence-corrected chi connectivity index (χ3v) is 6.18. The molecule has 2 aromatic carbocycles. The van der Waals surface area contributed by atoms with E-state index in [0.717, 1.165) is 22.3 Å². The average molecular weight is 510 g/mol. The Morgan fingerprint density at radius 2 is 1.69 bits per heavy atom. The standard InChI is InChI=1S/C27H32ClN5O3/c1-18-29-22-8-6-5-7-21(22)24(30-18)32-13-15-33(16-14-32)25(34)23(31-26(35)36-27(2,3)4)17-19-9-11-20(28)12-10-19/h5-12,23H,13-17H2,1-4H3,(H,31,35). The van der Waals surface area contributed by atoms with Crippen LogP contribution in [0.2, 0.25) is 5.02 Å². The van der Waals surface area contributed by atoms with Gasteiger partial charge in [-0.2, -0.15) is 0 Å². The van der Waals surface area contributed by atoms with Crippen LogP contribution in [0.4, 0.5) is 10.6 Å². The number of ether oxygens (including phenoxy) is 1. The minimum atomic E-state index is -0.755. The molecule has 0 radical (unpaired) electrons. The molecule has 1 atom stereocenters. The van der Waals surface area contributed by atoms with Crippen LogP contribution < -0.4 is 10.2 Å². The van der Waals surface area contributed by atoms with E-state index in [4.69, 9.17) is 21.3 Å². The van der Waals surface area contributed by atoms with E-state index < -0.39 is 17.7 Å². The van der Waals surface area contributed by atoms with Gasteiger partial charge in [0.2, 0.25) is 5.91 Å². The number of fused-ring (bicyclic) bond motifs is 1. The van der Waals surface area contributed by atoms with Crippen molar-refractivity contribution in [2.24, 2.45) is 0 Å². The summed E-state index contributed by atoms with van der Waals surface area (Å²) in [6.45, 7) is 9.56. The Labute approximate surface area is 216 Å². The molecule has 0 saturated carbocycles. The average Bonchev–Trinajstić information content (AvgIpc) is 2.83. The number of alkyl carbamates (subject to hydrolysis) is 1. The molecule has 0 bridgehead atoms. The van der Waals surface area contributed by atoms with E-state index in [1.807, 2.05) is 43.3 Å². The third-order valence-electron chi connectivity index (χ3n) is 5.93. The van der Waals surface area contributed by atoms with Crippen molar-refractivity contribution in [2.45, 2.75) is 45.8 Å². The molecule has 190 valence electrons. The number of para-hydroxylation sites is 1. The van der Waals surface area contributed by atoms with E-state index in [2.05, 4.69) is 15.2 Å². The molecule has 2 amide bonds. The van der Waals surface area contributed by atoms with Crippen molar-refractivity contribution in [1.29, 1.82) is 0 Å². The van der Waals surface area contributed by atoms with Crippen LogP contribution in [0.25, 0.3) is 10.9 Å². The van der Waals surface area contributed by atoms with E-state index >= 15 is 0 Å². The summed E-state index contributed by atoms with van der Waals surface area (Å²) in [5.74, 6) is 1.46. The number of rotatable bonds is 5. The van der Waals surface area contributed by atoms with E-state index in [-0.39, 0.29) is 5.91 Å². The second-order valence-corrected chi connectivity index (χ2v) is 10.4. The number of hydrogen-bond acceptors (Lipinski definition) is 6. The van der Waals surface area contributed by atoms with Crippen LogP contribution in [-0.2, 0) is 16.0 Å². The van der Waals surface area contributed by atoms with Gasteiger partial charge in [0, 0.05) is 43.0 Å². The van der Waals surface area contributed by atoms with Crippen molar-refractivity contribution >= 4 is 40.3 Å². The van der Waals surface area contributed by atoms with E-state index in [9.17, 15) is 9.59 Å². The van der Waals surface area contributed by atoms with Gasteiger partial charge in [0.1, 0.15) is 23.3 Å². The van der Waals surface area contributed by atoms with Gasteiger partial charge in [0.05, 0.1) is 5.52 Å². The maximum atomic E-state index is 13.6. The molecule has 1 aromatic heterocycles. The minimum Gasteiger partial charge on any atom is -0.444 e. The van der Waals surface area contributed by atoms with Gasteiger partial charge >= 0.3 is 6.09 Å². The molecule has 0 spiro atoms. The molecule has 1 unspecified atom stereocenters. The van der Waals surface area contributed by atoms with Gasteiger partial charge in [-0.1, -0.05) is 35.9 Å². The number of amides is 2. The van der Waals surface area contributed by atoms with Gasteiger partial charge in [-0.3, -0.25) is 4.79 Å². The highest BCUT2D eigenvalue weighted by Crippen LogP contribution is 2.25. The summed E-state index contributed by atoms with van der Waals surface area (Å²) in [6.07, 6.45) is -0.276. The van der Waals surface area contributed by atoms with E-state index in [1.54, 1.807) is 37.8 Å². The second-order valence-electron chi connectivity index (χ2n) is 9.95. The lowest BCUT2D eigenvalue weighted by Crippen LogP contribution is -2.56. The quantitative estimate of drug-likeness (QED) is 0.549. The fourth-order valence-electron chi connectivity index (χ4n) is 4.28. The molecular formula is C27H32ClN5O3. The highest BCUT2D eigenvalue weighted by molar-refractivity contribution is 6.30. The largest absolute Gasteiger partial charge is 0.444 e. The van der Waals surface area contributed by atoms with Gasteiger partial charge in [-0.05, 0) is 57.5 Å². The molecule has 3 aromatic rings. The molecule has 1 aliphatic rings. The summed E-state index contributed by atoms with van der Waals surface area (Å²) in [6, 6.07) is 14.5. The molecule has 36 heavy (non-hydrogen) atoms. The predicted octanol–water partition coefficient (Wildman–Crippen LogP) is 4.38. The number of hydrogen-bond donors (Lipinski definition) is 1. The SMILES string of the molecule is Cc1nc(N2CCN(C(=O)C(Cc3ccc(Cl)cc3)NC(=O)OC(C)(C)C)CC2)c2ccccc2n1. The smallest absolute Gasteiger partial charge is 0.408 e. The Bertz CT molecular complexity index is 1230. The fourth-order valence-corrected chi connectivity index (χ4v) is 4.41. The zero-order valence-corrected chi connectivity index (χ0v) is 21.9. The molecule has 1 N–H and O–H groups in total. The Hall–Kier alpha value is -3.39. The first-order chi connectivity index (χ1) is 17.1. The molecule has 1 fully saturated rings. The number of nitrogens with zero attached hydrogens (tertiary/aromatic N) is 4. The molecule has 1 saturated heterocycles. The van der Waals surface area contributed by atoms with Crippen molar-refractivity contribution in [3.05, 3.63) is 64.9 Å². The topological polar surface area (TPSA) is 87.7 Å². The van der Waals surface area contributed by atoms with Gasteiger partial charge in [0.15, 0.2) is 0 Å². The zero-order valence-electron chi connectivity index (χ0n) is 21.1. The lowest BCUT2D eigenvalue weighted by molar-refractivity contribution is -0.133. The zero-order chi connectivity index (χ0) is 25.9. The molecule has 9 heteroatoms. The number of aromatic nitrogens is 2. The summed E-state index contributed by atoms with van der Waals surface area (Å²) >= 11 is 6.02. The Morgan fingerprint density at radius 3 is 2.36 bits per heavy atom. The summed E-state index contributed by atoms with van der Waals surface area (Å²) < 4.78 is 5.43. The van der Waals surface area contributed by atoms with Crippen LogP contribution >= 0.6 is 11.6 Å². The van der Waals surface area contributed by atoms with Gasteiger partial charge in [0.25, 0.3) is 0 Å². The molecule has 2 heterocycles. The van der Waals surface area contributed by atoms with Crippen molar-refractivity contribution in [1.82, 2.24) is 20.2 Å². The van der Waals surface area contributed by atoms with Crippen LogP contribution in [0.1, 0.15) is 32.2 Å². The minimum absolute atomic E-state index is 0.140. The second kappa shape index (κ2) is 10.7. The number of nitrogens with one attached hydrogen (secondary N) is 1. The van der Waals surface area contributed by atoms with Crippen molar-refractivity contribution in [3.8, 4) is 0 Å². The third kappa shape index (κ3) is 6.43. The first-order valence-corrected chi connectivity index (χ1v) is 12.5. The predicted molar refractivity (Wildman–Crippen MR) is 141 cm³/mol. The number of halogens is 1. The molecule has 0 aliphatic carbocycles. The monoisotopic (exact) mass is 509 g/mol. The fraction of sp³-hybridized carbons (Fsp3) is 0.407. The van der Waals surface area contributed by atoms with Gasteiger partial charge in [-0.25, -0.2) is 14.8 Å². The maximum absolute atomic E-state index is 13.6. The van der Waals surface area contributed by atoms with Crippen LogP contribution in [0.5, 0.6) is 0 Å². The number of carbonyl (C=O) groups is 2. The number of piperazine rings is 1. The number of aryl methyl sites for hydroxylation is 1. The van der Waals surface area contributed by atoms with Crippen LogP contribution in [0.3, 0.4) is 0 Å². The van der Waals surface area contributed by atoms with Crippen molar-refractivity contribution < 1.29 is 14.3 Å². The molecular weight excluding hydrogens is 478 g/mol. The Kier molecular flexibility index (Phi) is 7.64. The van der Waals surface area contributed by atoms with Gasteiger partial charge in [-0.15, -0.1) is 0 Å². The first-order valence-electron chi connectivity index (χ1n) is 12.1. The molecule has 4 rings (SSSR count). The maximum Gasteiger partial charge on any atom is 0.408 e. The Balaban J connectivity index is 1.48. The number of benzene rings is 2. The summed E-state index contributed by atoms with van der Waals surface area (Å²) in [5, 5.41) is 4.40. The lowest BCUT2D eigenvalue weighted by Gasteiger charge is -2.37. The van der Waals surface area contributed by atoms with E-state index in [0.29, 0.717) is 43.4 Å². The van der Waals surface area contributed by atoms with Gasteiger partial charge < -0.3 is 19.9 Å². The first kappa shape index (κ1) is 25.7. The van der Waals surface area contributed by atoms with Crippen LogP contribution in [0.15, 0.2) is 48.5 Å².